The van der Waals surface area contributed by atoms with Crippen LogP contribution < -0.4 is 0 Å². The van der Waals surface area contributed by atoms with Crippen LogP contribution in [0.3, 0.4) is 0 Å². The summed E-state index contributed by atoms with van der Waals surface area (Å²) >= 11 is 0. The lowest BCUT2D eigenvalue weighted by molar-refractivity contribution is -0.0713. The van der Waals surface area contributed by atoms with Gasteiger partial charge in [-0.3, -0.25) is 4.90 Å². The zero-order valence-electron chi connectivity index (χ0n) is 12.4. The molecule has 2 unspecified atom stereocenters. The Morgan fingerprint density at radius 2 is 1.90 bits per heavy atom. The Kier molecular flexibility index (Phi) is 4.39. The maximum atomic E-state index is 5.71. The second-order valence-corrected chi connectivity index (χ2v) is 6.17. The van der Waals surface area contributed by atoms with E-state index in [1.54, 1.807) is 0 Å². The number of rotatable bonds is 4. The van der Waals surface area contributed by atoms with Gasteiger partial charge in [-0.25, -0.2) is 0 Å². The predicted molar refractivity (Wildman–Crippen MR) is 80.0 cm³/mol. The fraction of sp³-hybridized carbons (Fsp3) is 0.647. The molecule has 0 bridgehead atoms. The number of hydrogen-bond acceptors (Lipinski definition) is 3. The van der Waals surface area contributed by atoms with Gasteiger partial charge in [0.25, 0.3) is 0 Å². The first-order valence-electron chi connectivity index (χ1n) is 7.76. The molecule has 2 saturated heterocycles. The molecule has 0 radical (unpaired) electrons. The zero-order valence-corrected chi connectivity index (χ0v) is 12.4. The fourth-order valence-electron chi connectivity index (χ4n) is 3.37. The minimum atomic E-state index is 0.161. The highest BCUT2D eigenvalue weighted by Gasteiger charge is 2.42. The first-order chi connectivity index (χ1) is 9.80. The van der Waals surface area contributed by atoms with E-state index >= 15 is 0 Å². The van der Waals surface area contributed by atoms with Gasteiger partial charge in [0.1, 0.15) is 0 Å². The van der Waals surface area contributed by atoms with Crippen molar-refractivity contribution in [3.63, 3.8) is 0 Å². The Bertz CT molecular complexity index is 414. The molecule has 0 saturated carbocycles. The Hall–Kier alpha value is -0.900. The van der Waals surface area contributed by atoms with Crippen LogP contribution in [-0.2, 0) is 9.47 Å². The fourth-order valence-corrected chi connectivity index (χ4v) is 3.37. The van der Waals surface area contributed by atoms with Gasteiger partial charge >= 0.3 is 0 Å². The van der Waals surface area contributed by atoms with E-state index < -0.39 is 0 Å². The summed E-state index contributed by atoms with van der Waals surface area (Å²) in [5.74, 6) is 0.610. The minimum absolute atomic E-state index is 0.161. The van der Waals surface area contributed by atoms with Crippen LogP contribution in [0.2, 0.25) is 0 Å². The maximum Gasteiger partial charge on any atom is 0.0701 e. The predicted octanol–water partition coefficient (Wildman–Crippen LogP) is 2.67. The molecule has 2 aliphatic heterocycles. The molecule has 1 aromatic rings. The lowest BCUT2D eigenvalue weighted by Crippen LogP contribution is -2.57. The SMILES string of the molecule is CC(CCN1CCOCC12CCOC2)c1ccccc1. The van der Waals surface area contributed by atoms with E-state index in [0.29, 0.717) is 5.92 Å². The van der Waals surface area contributed by atoms with E-state index in [-0.39, 0.29) is 5.54 Å². The average molecular weight is 275 g/mol. The van der Waals surface area contributed by atoms with E-state index in [9.17, 15) is 0 Å². The van der Waals surface area contributed by atoms with Gasteiger partial charge < -0.3 is 9.47 Å². The number of morpholine rings is 1. The molecule has 0 amide bonds. The summed E-state index contributed by atoms with van der Waals surface area (Å²) in [6.45, 7) is 7.94. The van der Waals surface area contributed by atoms with Crippen LogP contribution in [0.4, 0.5) is 0 Å². The lowest BCUT2D eigenvalue weighted by atomic mass is 9.93. The number of benzene rings is 1. The van der Waals surface area contributed by atoms with Crippen LogP contribution in [0.15, 0.2) is 30.3 Å². The highest BCUT2D eigenvalue weighted by Crippen LogP contribution is 2.30. The van der Waals surface area contributed by atoms with Crippen molar-refractivity contribution in [2.75, 3.05) is 39.5 Å². The van der Waals surface area contributed by atoms with Crippen molar-refractivity contribution < 1.29 is 9.47 Å². The molecule has 1 aromatic carbocycles. The van der Waals surface area contributed by atoms with Crippen LogP contribution in [0, 0.1) is 0 Å². The lowest BCUT2D eigenvalue weighted by Gasteiger charge is -2.44. The second-order valence-electron chi connectivity index (χ2n) is 6.17. The third kappa shape index (κ3) is 2.90. The zero-order chi connectivity index (χ0) is 13.8. The van der Waals surface area contributed by atoms with Crippen molar-refractivity contribution in [3.05, 3.63) is 35.9 Å². The molecule has 1 spiro atoms. The van der Waals surface area contributed by atoms with Gasteiger partial charge in [0.2, 0.25) is 0 Å². The van der Waals surface area contributed by atoms with E-state index in [1.807, 2.05) is 0 Å². The summed E-state index contributed by atoms with van der Waals surface area (Å²) in [5, 5.41) is 0. The molecule has 3 rings (SSSR count). The smallest absolute Gasteiger partial charge is 0.0701 e. The van der Waals surface area contributed by atoms with Crippen LogP contribution in [0.25, 0.3) is 0 Å². The Labute approximate surface area is 121 Å². The normalized spacial score (nSPS) is 28.9. The minimum Gasteiger partial charge on any atom is -0.379 e. The molecule has 0 aromatic heterocycles. The van der Waals surface area contributed by atoms with Crippen LogP contribution in [0.1, 0.15) is 31.2 Å². The Balaban J connectivity index is 1.59. The summed E-state index contributed by atoms with van der Waals surface area (Å²) in [4.78, 5) is 2.61. The number of nitrogens with zero attached hydrogens (tertiary/aromatic N) is 1. The molecule has 3 nitrogen and oxygen atoms in total. The highest BCUT2D eigenvalue weighted by atomic mass is 16.5. The molecule has 110 valence electrons. The monoisotopic (exact) mass is 275 g/mol. The molecule has 20 heavy (non-hydrogen) atoms. The molecule has 2 heterocycles. The molecule has 3 heteroatoms. The first kappa shape index (κ1) is 14.1. The van der Waals surface area contributed by atoms with E-state index in [2.05, 4.69) is 42.2 Å². The van der Waals surface area contributed by atoms with Gasteiger partial charge in [-0.05, 0) is 30.9 Å². The van der Waals surface area contributed by atoms with Crippen LogP contribution >= 0.6 is 0 Å². The summed E-state index contributed by atoms with van der Waals surface area (Å²) in [5.41, 5.74) is 1.60. The van der Waals surface area contributed by atoms with Gasteiger partial charge in [-0.2, -0.15) is 0 Å². The standard InChI is InChI=1S/C17H25NO2/c1-15(16-5-3-2-4-6-16)7-9-18-10-12-20-14-17(18)8-11-19-13-17/h2-6,15H,7-14H2,1H3. The van der Waals surface area contributed by atoms with Crippen molar-refractivity contribution in [1.82, 2.24) is 4.90 Å². The van der Waals surface area contributed by atoms with Crippen molar-refractivity contribution in [2.24, 2.45) is 0 Å². The maximum absolute atomic E-state index is 5.71. The molecular formula is C17H25NO2. The van der Waals surface area contributed by atoms with Crippen molar-refractivity contribution in [2.45, 2.75) is 31.2 Å². The summed E-state index contributed by atoms with van der Waals surface area (Å²) in [6.07, 6.45) is 2.32. The molecule has 0 aliphatic carbocycles. The van der Waals surface area contributed by atoms with Gasteiger partial charge in [0, 0.05) is 13.2 Å². The first-order valence-corrected chi connectivity index (χ1v) is 7.76. The van der Waals surface area contributed by atoms with Gasteiger partial charge in [-0.15, -0.1) is 0 Å². The topological polar surface area (TPSA) is 21.7 Å². The van der Waals surface area contributed by atoms with Gasteiger partial charge in [0.15, 0.2) is 0 Å². The Morgan fingerprint density at radius 3 is 2.65 bits per heavy atom. The number of hydrogen-bond donors (Lipinski definition) is 0. The van der Waals surface area contributed by atoms with E-state index in [4.69, 9.17) is 9.47 Å². The molecule has 2 aliphatic rings. The van der Waals surface area contributed by atoms with Gasteiger partial charge in [-0.1, -0.05) is 37.3 Å². The van der Waals surface area contributed by atoms with Crippen molar-refractivity contribution in [1.29, 1.82) is 0 Å². The summed E-state index contributed by atoms with van der Waals surface area (Å²) in [7, 11) is 0. The van der Waals surface area contributed by atoms with E-state index in [0.717, 1.165) is 45.9 Å². The summed E-state index contributed by atoms with van der Waals surface area (Å²) in [6, 6.07) is 10.8. The van der Waals surface area contributed by atoms with Gasteiger partial charge in [0.05, 0.1) is 25.4 Å². The quantitative estimate of drug-likeness (QED) is 0.843. The molecule has 0 N–H and O–H groups in total. The van der Waals surface area contributed by atoms with Crippen LogP contribution in [-0.4, -0.2) is 50.0 Å². The highest BCUT2D eigenvalue weighted by molar-refractivity contribution is 5.18. The van der Waals surface area contributed by atoms with E-state index in [1.165, 1.54) is 12.0 Å². The third-order valence-corrected chi connectivity index (χ3v) is 4.83. The van der Waals surface area contributed by atoms with Crippen molar-refractivity contribution in [3.8, 4) is 0 Å². The van der Waals surface area contributed by atoms with Crippen LogP contribution in [0.5, 0.6) is 0 Å². The number of ether oxygens (including phenoxy) is 2. The average Bonchev–Trinajstić information content (AvgIpc) is 2.96. The Morgan fingerprint density at radius 1 is 1.15 bits per heavy atom. The van der Waals surface area contributed by atoms with Crippen molar-refractivity contribution >= 4 is 0 Å². The molecular weight excluding hydrogens is 250 g/mol. The summed E-state index contributed by atoms with van der Waals surface area (Å²) < 4.78 is 11.3. The second kappa shape index (κ2) is 6.25. The third-order valence-electron chi connectivity index (χ3n) is 4.83. The largest absolute Gasteiger partial charge is 0.379 e. The molecule has 2 fully saturated rings. The molecule has 2 atom stereocenters.